The zero-order valence-electron chi connectivity index (χ0n) is 26.8. The molecule has 0 aliphatic carbocycles. The minimum absolute atomic E-state index is 0.000174. The first-order chi connectivity index (χ1) is 22.1. The Bertz CT molecular complexity index is 1890. The summed E-state index contributed by atoms with van der Waals surface area (Å²) in [6.07, 6.45) is -3.08. The highest BCUT2D eigenvalue weighted by Gasteiger charge is 2.29. The summed E-state index contributed by atoms with van der Waals surface area (Å²) >= 11 is 0. The molecular formula is C31H37F3N4O8S. The number of aryl methyl sites for hydroxylation is 2. The van der Waals surface area contributed by atoms with Crippen molar-refractivity contribution >= 4 is 26.7 Å². The molecule has 47 heavy (non-hydrogen) atoms. The molecule has 4 aromatic rings. The van der Waals surface area contributed by atoms with Gasteiger partial charge in [0, 0.05) is 44.4 Å². The predicted octanol–water partition coefficient (Wildman–Crippen LogP) is 5.15. The van der Waals surface area contributed by atoms with Gasteiger partial charge in [-0.3, -0.25) is 13.9 Å². The van der Waals surface area contributed by atoms with Crippen LogP contribution in [0, 0.1) is 0 Å². The Balaban J connectivity index is 1.75. The van der Waals surface area contributed by atoms with Crippen molar-refractivity contribution in [3.63, 3.8) is 0 Å². The molecule has 3 aromatic carbocycles. The lowest BCUT2D eigenvalue weighted by Crippen LogP contribution is -2.19. The van der Waals surface area contributed by atoms with E-state index < -0.39 is 22.8 Å². The van der Waals surface area contributed by atoms with E-state index in [4.69, 9.17) is 23.7 Å². The first kappa shape index (κ1) is 35.3. The van der Waals surface area contributed by atoms with Gasteiger partial charge in [-0.1, -0.05) is 0 Å². The third-order valence-corrected chi connectivity index (χ3v) is 8.40. The highest BCUT2D eigenvalue weighted by atomic mass is 32.2. The Morgan fingerprint density at radius 1 is 0.809 bits per heavy atom. The number of anilines is 1. The number of nitrogens with zero attached hydrogens (tertiary/aromatic N) is 3. The third kappa shape index (κ3) is 8.83. The molecule has 0 atom stereocenters. The van der Waals surface area contributed by atoms with Crippen LogP contribution in [0.3, 0.4) is 0 Å². The van der Waals surface area contributed by atoms with Crippen LogP contribution in [0.2, 0.25) is 0 Å². The van der Waals surface area contributed by atoms with E-state index in [0.29, 0.717) is 23.2 Å². The van der Waals surface area contributed by atoms with E-state index in [1.54, 1.807) is 0 Å². The Hall–Kier alpha value is -4.57. The van der Waals surface area contributed by atoms with Crippen LogP contribution in [0.15, 0.2) is 58.2 Å². The lowest BCUT2D eigenvalue weighted by Gasteiger charge is -2.17. The lowest BCUT2D eigenvalue weighted by atomic mass is 10.2. The fourth-order valence-corrected chi connectivity index (χ4v) is 5.74. The number of nitrogens with one attached hydrogen (secondary N) is 1. The minimum atomic E-state index is -4.59. The average molecular weight is 683 g/mol. The number of hydrogen-bond acceptors (Lipinski definition) is 9. The summed E-state index contributed by atoms with van der Waals surface area (Å²) in [5, 5.41) is 0. The molecule has 0 saturated heterocycles. The summed E-state index contributed by atoms with van der Waals surface area (Å²) in [6.45, 7) is -0.434. The molecule has 0 amide bonds. The second-order valence-corrected chi connectivity index (χ2v) is 12.5. The topological polar surface area (TPSA) is 122 Å². The SMILES string of the molecule is COc1ccc(S(=O)(=O)Nc2cc3c(cc2Oc2cc(OCCCCN(C)C)cc(OCC(F)(F)F)c2)n(C)c(=O)n3C)cc1OC. The number of unbranched alkanes of at least 4 members (excludes halogenated alkanes) is 1. The summed E-state index contributed by atoms with van der Waals surface area (Å²) in [7, 11) is 5.46. The summed E-state index contributed by atoms with van der Waals surface area (Å²) in [6, 6.07) is 10.9. The van der Waals surface area contributed by atoms with Crippen LogP contribution < -0.4 is 34.1 Å². The molecule has 1 aromatic heterocycles. The van der Waals surface area contributed by atoms with Gasteiger partial charge in [0.05, 0.1) is 42.4 Å². The van der Waals surface area contributed by atoms with Crippen LogP contribution in [0.25, 0.3) is 11.0 Å². The molecule has 0 aliphatic heterocycles. The first-order valence-corrected chi connectivity index (χ1v) is 15.8. The van der Waals surface area contributed by atoms with Crippen molar-refractivity contribution in [2.45, 2.75) is 23.9 Å². The average Bonchev–Trinajstić information content (AvgIpc) is 3.21. The number of benzene rings is 3. The Morgan fingerprint density at radius 2 is 1.43 bits per heavy atom. The molecule has 0 spiro atoms. The number of methoxy groups -OCH3 is 2. The van der Waals surface area contributed by atoms with Crippen molar-refractivity contribution < 1.29 is 45.3 Å². The van der Waals surface area contributed by atoms with Gasteiger partial charge < -0.3 is 28.6 Å². The molecule has 16 heteroatoms. The van der Waals surface area contributed by atoms with Crippen molar-refractivity contribution in [2.24, 2.45) is 14.1 Å². The highest BCUT2D eigenvalue weighted by Crippen LogP contribution is 2.39. The minimum Gasteiger partial charge on any atom is -0.493 e. The van der Waals surface area contributed by atoms with E-state index >= 15 is 0 Å². The Labute approximate surface area is 270 Å². The molecule has 4 rings (SSSR count). The Morgan fingerprint density at radius 3 is 2.04 bits per heavy atom. The molecule has 0 fully saturated rings. The molecule has 0 aliphatic rings. The van der Waals surface area contributed by atoms with Gasteiger partial charge >= 0.3 is 11.9 Å². The molecule has 12 nitrogen and oxygen atoms in total. The number of hydrogen-bond donors (Lipinski definition) is 1. The van der Waals surface area contributed by atoms with Crippen molar-refractivity contribution in [3.8, 4) is 34.5 Å². The monoisotopic (exact) mass is 682 g/mol. The summed E-state index contributed by atoms with van der Waals surface area (Å²) in [5.74, 6) is 0.457. The zero-order valence-corrected chi connectivity index (χ0v) is 27.6. The van der Waals surface area contributed by atoms with Gasteiger partial charge in [0.15, 0.2) is 23.9 Å². The Kier molecular flexibility index (Phi) is 10.9. The molecule has 256 valence electrons. The number of halogens is 3. The summed E-state index contributed by atoms with van der Waals surface area (Å²) in [5.41, 5.74) is 0.363. The van der Waals surface area contributed by atoms with E-state index in [2.05, 4.69) is 4.72 Å². The first-order valence-electron chi connectivity index (χ1n) is 14.4. The van der Waals surface area contributed by atoms with Crippen LogP contribution in [0.1, 0.15) is 12.8 Å². The number of alkyl halides is 3. The fourth-order valence-electron chi connectivity index (χ4n) is 4.66. The number of fused-ring (bicyclic) bond motifs is 1. The molecular weight excluding hydrogens is 645 g/mol. The second-order valence-electron chi connectivity index (χ2n) is 10.9. The predicted molar refractivity (Wildman–Crippen MR) is 170 cm³/mol. The van der Waals surface area contributed by atoms with Crippen molar-refractivity contribution in [3.05, 3.63) is 59.0 Å². The second kappa shape index (κ2) is 14.5. The number of aromatic nitrogens is 2. The maximum Gasteiger partial charge on any atom is 0.422 e. The van der Waals surface area contributed by atoms with Gasteiger partial charge in [0.1, 0.15) is 17.2 Å². The smallest absolute Gasteiger partial charge is 0.422 e. The number of ether oxygens (including phenoxy) is 5. The molecule has 1 N–H and O–H groups in total. The molecule has 0 unspecified atom stereocenters. The maximum absolute atomic E-state index is 13.6. The van der Waals surface area contributed by atoms with Crippen molar-refractivity contribution in [1.29, 1.82) is 0 Å². The van der Waals surface area contributed by atoms with Crippen molar-refractivity contribution in [2.75, 3.05) is 52.8 Å². The quantitative estimate of drug-likeness (QED) is 0.170. The van der Waals surface area contributed by atoms with Gasteiger partial charge in [-0.25, -0.2) is 13.2 Å². The zero-order chi connectivity index (χ0) is 34.5. The summed E-state index contributed by atoms with van der Waals surface area (Å²) < 4.78 is 98.7. The molecule has 1 heterocycles. The third-order valence-electron chi connectivity index (χ3n) is 7.04. The van der Waals surface area contributed by atoms with Crippen LogP contribution in [-0.4, -0.2) is 76.7 Å². The maximum atomic E-state index is 13.6. The summed E-state index contributed by atoms with van der Waals surface area (Å²) in [4.78, 5) is 14.6. The highest BCUT2D eigenvalue weighted by molar-refractivity contribution is 7.92. The number of sulfonamides is 1. The van der Waals surface area contributed by atoms with E-state index in [-0.39, 0.29) is 51.6 Å². The van der Waals surface area contributed by atoms with E-state index in [1.165, 1.54) is 86.0 Å². The van der Waals surface area contributed by atoms with Crippen molar-refractivity contribution in [1.82, 2.24) is 14.0 Å². The number of rotatable bonds is 15. The van der Waals surface area contributed by atoms with Gasteiger partial charge in [-0.15, -0.1) is 0 Å². The van der Waals surface area contributed by atoms with Gasteiger partial charge in [-0.2, -0.15) is 13.2 Å². The number of imidazole rings is 1. The van der Waals surface area contributed by atoms with E-state index in [1.807, 2.05) is 19.0 Å². The van der Waals surface area contributed by atoms with Gasteiger partial charge in [-0.05, 0) is 51.7 Å². The molecule has 0 saturated carbocycles. The lowest BCUT2D eigenvalue weighted by molar-refractivity contribution is -0.153. The van der Waals surface area contributed by atoms with Gasteiger partial charge in [0.25, 0.3) is 10.0 Å². The molecule has 0 radical (unpaired) electrons. The van der Waals surface area contributed by atoms with Gasteiger partial charge in [0.2, 0.25) is 0 Å². The normalized spacial score (nSPS) is 12.0. The van der Waals surface area contributed by atoms with E-state index in [0.717, 1.165) is 13.0 Å². The van der Waals surface area contributed by atoms with Crippen LogP contribution >= 0.6 is 0 Å². The van der Waals surface area contributed by atoms with Crippen LogP contribution in [0.5, 0.6) is 34.5 Å². The standard InChI is InChI=1S/C31H37F3N4O8S/c1-36(2)11-7-8-12-44-20-13-21(45-19-31(32,33)34)15-22(14-20)46-28-18-26-25(37(3)30(39)38(26)4)17-24(28)35-47(40,41)23-9-10-27(42-5)29(16-23)43-6/h9-10,13-18,35H,7-8,11-12,19H2,1-6H3. The molecule has 0 bridgehead atoms. The van der Waals surface area contributed by atoms with Crippen LogP contribution in [-0.2, 0) is 24.1 Å². The largest absolute Gasteiger partial charge is 0.493 e. The fraction of sp³-hybridized carbons (Fsp3) is 0.387. The van der Waals surface area contributed by atoms with E-state index in [9.17, 15) is 26.4 Å². The van der Waals surface area contributed by atoms with Crippen LogP contribution in [0.4, 0.5) is 18.9 Å².